The summed E-state index contributed by atoms with van der Waals surface area (Å²) in [5, 5.41) is 25.0. The molecule has 8 atom stereocenters. The van der Waals surface area contributed by atoms with E-state index in [0.717, 1.165) is 44.2 Å². The van der Waals surface area contributed by atoms with Crippen molar-refractivity contribution in [3.05, 3.63) is 11.6 Å². The lowest BCUT2D eigenvalue weighted by Gasteiger charge is -2.58. The molecule has 1 amide bonds. The lowest BCUT2D eigenvalue weighted by Crippen LogP contribution is -2.51. The van der Waals surface area contributed by atoms with Crippen LogP contribution in [0.3, 0.4) is 0 Å². The summed E-state index contributed by atoms with van der Waals surface area (Å²) in [6, 6.07) is -1.38. The van der Waals surface area contributed by atoms with E-state index in [4.69, 9.17) is 9.94 Å². The molecule has 4 rings (SSSR count). The fraction of sp³-hybridized carbons (Fsp3) is 0.778. The maximum atomic E-state index is 12.3. The molecule has 35 heavy (non-hydrogen) atoms. The van der Waals surface area contributed by atoms with Gasteiger partial charge in [0.25, 0.3) is 5.91 Å². The maximum Gasteiger partial charge on any atom is 0.328 e. The predicted molar refractivity (Wildman–Crippen MR) is 131 cm³/mol. The summed E-state index contributed by atoms with van der Waals surface area (Å²) >= 11 is 0. The number of aliphatic hydroxyl groups excluding tert-OH is 1. The molecule has 0 saturated heterocycles. The van der Waals surface area contributed by atoms with Gasteiger partial charge in [0, 0.05) is 5.92 Å². The number of Topliss-reactive ketones (excluding diaryl/α,β-unsaturated/α-hetero) is 1. The van der Waals surface area contributed by atoms with E-state index in [2.05, 4.69) is 30.4 Å². The van der Waals surface area contributed by atoms with Crippen molar-refractivity contribution in [3.63, 3.8) is 0 Å². The molecule has 0 unspecified atom stereocenters. The van der Waals surface area contributed by atoms with E-state index in [9.17, 15) is 19.5 Å². The average Bonchev–Trinajstić information content (AvgIpc) is 3.14. The molecule has 8 nitrogen and oxygen atoms in total. The van der Waals surface area contributed by atoms with Crippen molar-refractivity contribution in [2.75, 3.05) is 6.61 Å². The lowest BCUT2D eigenvalue weighted by molar-refractivity contribution is -0.145. The van der Waals surface area contributed by atoms with Crippen LogP contribution in [0.25, 0.3) is 0 Å². The molecule has 0 bridgehead atoms. The molecule has 8 heteroatoms. The van der Waals surface area contributed by atoms with E-state index in [-0.39, 0.29) is 16.7 Å². The van der Waals surface area contributed by atoms with Crippen LogP contribution in [0.5, 0.6) is 0 Å². The number of ketones is 1. The second-order valence-corrected chi connectivity index (χ2v) is 11.8. The van der Waals surface area contributed by atoms with Gasteiger partial charge in [0.2, 0.25) is 0 Å². The second-order valence-electron chi connectivity index (χ2n) is 11.8. The van der Waals surface area contributed by atoms with Gasteiger partial charge in [0.05, 0.1) is 11.8 Å². The highest BCUT2D eigenvalue weighted by Gasteiger charge is 2.59. The van der Waals surface area contributed by atoms with Crippen LogP contribution in [-0.2, 0) is 19.2 Å². The highest BCUT2D eigenvalue weighted by Crippen LogP contribution is 2.66. The number of nitrogens with zero attached hydrogens (tertiary/aromatic N) is 1. The number of allylic oxidation sites excluding steroid dienone is 2. The number of carbonyl (C=O) groups is 3. The second kappa shape index (κ2) is 9.68. The Morgan fingerprint density at radius 1 is 1.14 bits per heavy atom. The highest BCUT2D eigenvalue weighted by molar-refractivity contribution is 5.96. The number of hydrogen-bond donors (Lipinski definition) is 3. The first-order valence-corrected chi connectivity index (χ1v) is 13.1. The molecule has 0 spiro atoms. The number of carboxylic acid groups (broad SMARTS) is 1. The normalized spacial score (nSPS) is 38.9. The molecule has 194 valence electrons. The Labute approximate surface area is 207 Å². The Morgan fingerprint density at radius 3 is 2.54 bits per heavy atom. The molecule has 3 saturated carbocycles. The fourth-order valence-electron chi connectivity index (χ4n) is 8.09. The van der Waals surface area contributed by atoms with Crippen LogP contribution in [0.1, 0.15) is 79.1 Å². The van der Waals surface area contributed by atoms with Crippen LogP contribution in [0.2, 0.25) is 0 Å². The quantitative estimate of drug-likeness (QED) is 0.471. The predicted octanol–water partition coefficient (Wildman–Crippen LogP) is 3.48. The van der Waals surface area contributed by atoms with Gasteiger partial charge in [-0.25, -0.2) is 4.79 Å². The largest absolute Gasteiger partial charge is 0.480 e. The molecular formula is C27H40N2O6. The van der Waals surface area contributed by atoms with E-state index in [1.165, 1.54) is 25.3 Å². The van der Waals surface area contributed by atoms with Gasteiger partial charge in [-0.1, -0.05) is 24.6 Å². The van der Waals surface area contributed by atoms with Gasteiger partial charge in [-0.3, -0.25) is 9.59 Å². The number of hydrogen-bond acceptors (Lipinski definition) is 6. The first-order valence-electron chi connectivity index (χ1n) is 13.1. The van der Waals surface area contributed by atoms with Gasteiger partial charge in [0.1, 0.15) is 5.78 Å². The number of rotatable bonds is 7. The molecule has 0 aromatic rings. The Balaban J connectivity index is 1.40. The van der Waals surface area contributed by atoms with E-state index in [1.54, 1.807) is 6.92 Å². The summed E-state index contributed by atoms with van der Waals surface area (Å²) in [6.45, 7) is 7.46. The summed E-state index contributed by atoms with van der Waals surface area (Å²) in [5.74, 6) is 0.604. The average molecular weight is 489 g/mol. The third-order valence-corrected chi connectivity index (χ3v) is 9.91. The Bertz CT molecular complexity index is 942. The zero-order chi connectivity index (χ0) is 25.5. The van der Waals surface area contributed by atoms with Crippen LogP contribution >= 0.6 is 0 Å². The first kappa shape index (κ1) is 25.9. The van der Waals surface area contributed by atoms with Crippen molar-refractivity contribution < 1.29 is 29.4 Å². The van der Waals surface area contributed by atoms with Crippen molar-refractivity contribution in [1.29, 1.82) is 0 Å². The first-order chi connectivity index (χ1) is 16.5. The van der Waals surface area contributed by atoms with Crippen molar-refractivity contribution in [2.45, 2.75) is 91.2 Å². The summed E-state index contributed by atoms with van der Waals surface area (Å²) in [5.41, 5.74) is 2.53. The number of aliphatic hydroxyl groups is 1. The van der Waals surface area contributed by atoms with Gasteiger partial charge < -0.3 is 20.4 Å². The molecule has 3 N–H and O–H groups in total. The molecule has 0 heterocycles. The molecule has 0 aromatic carbocycles. The van der Waals surface area contributed by atoms with Crippen molar-refractivity contribution in [2.24, 2.45) is 39.7 Å². The van der Waals surface area contributed by atoms with Gasteiger partial charge in [0.15, 0.2) is 12.6 Å². The van der Waals surface area contributed by atoms with Crippen molar-refractivity contribution >= 4 is 23.4 Å². The molecule has 0 aliphatic heterocycles. The molecule has 4 aliphatic carbocycles. The Kier molecular flexibility index (Phi) is 7.15. The molecule has 0 radical (unpaired) electrons. The number of aliphatic carboxylic acids is 1. The SMILES string of the molecule is CC(=O)[C@@H]1CC[C@@H]2[C@@H]3CCC4=C/C(=N\OCC(=O)N[C@H](C(=O)O)[C@H](C)O)CC[C@]4(C)[C@@H]3CC[C@@]21C. The van der Waals surface area contributed by atoms with E-state index in [1.807, 2.05) is 0 Å². The Morgan fingerprint density at radius 2 is 1.89 bits per heavy atom. The topological polar surface area (TPSA) is 125 Å². The fourth-order valence-corrected chi connectivity index (χ4v) is 8.09. The van der Waals surface area contributed by atoms with Crippen LogP contribution in [0.15, 0.2) is 16.8 Å². The minimum absolute atomic E-state index is 0.140. The van der Waals surface area contributed by atoms with Gasteiger partial charge in [-0.2, -0.15) is 0 Å². The highest BCUT2D eigenvalue weighted by atomic mass is 16.6. The standard InChI is InChI=1S/C27H40N2O6/c1-15(30)20-7-8-21-19-6-5-17-13-18(9-11-26(17,3)22(19)10-12-27(20,21)4)29-35-14-23(32)28-24(16(2)31)25(33)34/h13,16,19-22,24,31H,5-12,14H2,1-4H3,(H,28,32)(H,33,34)/b29-18-/t16-,19-,20-,21+,22+,24-,26-,27+/m0/s1. The van der Waals surface area contributed by atoms with Crippen LogP contribution in [0.4, 0.5) is 0 Å². The zero-order valence-corrected chi connectivity index (χ0v) is 21.4. The zero-order valence-electron chi connectivity index (χ0n) is 21.4. The smallest absolute Gasteiger partial charge is 0.328 e. The van der Waals surface area contributed by atoms with Gasteiger partial charge >= 0.3 is 5.97 Å². The number of carboxylic acids is 1. The minimum Gasteiger partial charge on any atom is -0.480 e. The third kappa shape index (κ3) is 4.66. The molecule has 3 fully saturated rings. The molecule has 0 aromatic heterocycles. The number of carbonyl (C=O) groups excluding carboxylic acids is 2. The van der Waals surface area contributed by atoms with Crippen molar-refractivity contribution in [3.8, 4) is 0 Å². The number of amides is 1. The van der Waals surface area contributed by atoms with E-state index in [0.29, 0.717) is 23.5 Å². The monoisotopic (exact) mass is 488 g/mol. The van der Waals surface area contributed by atoms with Crippen LogP contribution in [-0.4, -0.2) is 52.3 Å². The van der Waals surface area contributed by atoms with E-state index < -0.39 is 30.6 Å². The van der Waals surface area contributed by atoms with Crippen LogP contribution < -0.4 is 5.32 Å². The molecule has 4 aliphatic rings. The van der Waals surface area contributed by atoms with Crippen molar-refractivity contribution in [1.82, 2.24) is 5.32 Å². The summed E-state index contributed by atoms with van der Waals surface area (Å²) in [6.07, 6.45) is 9.42. The number of fused-ring (bicyclic) bond motifs is 5. The summed E-state index contributed by atoms with van der Waals surface area (Å²) in [7, 11) is 0. The molecular weight excluding hydrogens is 448 g/mol. The lowest BCUT2D eigenvalue weighted by atomic mass is 9.46. The Hall–Kier alpha value is -2.22. The minimum atomic E-state index is -1.38. The number of nitrogens with one attached hydrogen (secondary N) is 1. The summed E-state index contributed by atoms with van der Waals surface area (Å²) in [4.78, 5) is 40.7. The van der Waals surface area contributed by atoms with Gasteiger partial charge in [-0.05, 0) is 99.9 Å². The third-order valence-electron chi connectivity index (χ3n) is 9.91. The number of oxime groups is 1. The summed E-state index contributed by atoms with van der Waals surface area (Å²) < 4.78 is 0. The van der Waals surface area contributed by atoms with E-state index >= 15 is 0 Å². The van der Waals surface area contributed by atoms with Gasteiger partial charge in [-0.15, -0.1) is 0 Å². The maximum absolute atomic E-state index is 12.3. The van der Waals surface area contributed by atoms with Crippen LogP contribution in [0, 0.1) is 34.5 Å².